The molecular formula is C25H23N3O4. The summed E-state index contributed by atoms with van der Waals surface area (Å²) in [6.07, 6.45) is 3.36. The lowest BCUT2D eigenvalue weighted by atomic mass is 9.97. The number of nitrogens with zero attached hydrogens (tertiary/aromatic N) is 2. The summed E-state index contributed by atoms with van der Waals surface area (Å²) < 4.78 is 6.13. The Hall–Kier alpha value is -3.58. The van der Waals surface area contributed by atoms with Crippen LogP contribution < -0.4 is 10.1 Å². The van der Waals surface area contributed by atoms with Crippen molar-refractivity contribution >= 4 is 28.9 Å². The number of aromatic nitrogens is 1. The highest BCUT2D eigenvalue weighted by atomic mass is 16.5. The van der Waals surface area contributed by atoms with Crippen LogP contribution in [0.1, 0.15) is 34.3 Å². The van der Waals surface area contributed by atoms with Crippen molar-refractivity contribution in [2.24, 2.45) is 0 Å². The number of benzene rings is 2. The van der Waals surface area contributed by atoms with E-state index in [0.29, 0.717) is 50.1 Å². The average molecular weight is 429 g/mol. The minimum atomic E-state index is -0.445. The molecule has 2 aliphatic rings. The molecule has 2 aliphatic heterocycles. The molecule has 3 aromatic rings. The molecule has 7 nitrogen and oxygen atoms in total. The summed E-state index contributed by atoms with van der Waals surface area (Å²) in [6.45, 7) is 1.37. The highest BCUT2D eigenvalue weighted by Gasteiger charge is 2.37. The van der Waals surface area contributed by atoms with E-state index in [2.05, 4.69) is 16.4 Å². The van der Waals surface area contributed by atoms with E-state index in [-0.39, 0.29) is 11.9 Å². The van der Waals surface area contributed by atoms with Crippen molar-refractivity contribution in [3.05, 3.63) is 71.4 Å². The number of ether oxygens (including phenoxy) is 1. The van der Waals surface area contributed by atoms with Crippen molar-refractivity contribution in [3.63, 3.8) is 0 Å². The Labute approximate surface area is 185 Å². The number of carbonyl (C=O) groups is 3. The van der Waals surface area contributed by atoms with Crippen LogP contribution in [0.3, 0.4) is 0 Å². The van der Waals surface area contributed by atoms with Crippen molar-refractivity contribution < 1.29 is 19.1 Å². The molecule has 1 N–H and O–H groups in total. The summed E-state index contributed by atoms with van der Waals surface area (Å²) >= 11 is 0. The Morgan fingerprint density at radius 2 is 2.09 bits per heavy atom. The zero-order chi connectivity index (χ0) is 22.1. The van der Waals surface area contributed by atoms with Crippen LogP contribution in [-0.2, 0) is 22.7 Å². The van der Waals surface area contributed by atoms with Gasteiger partial charge in [0.2, 0.25) is 5.78 Å². The molecular weight excluding hydrogens is 406 g/mol. The van der Waals surface area contributed by atoms with Crippen LogP contribution in [0.4, 0.5) is 0 Å². The number of pyridine rings is 1. The molecule has 0 spiro atoms. The molecule has 0 saturated carbocycles. The van der Waals surface area contributed by atoms with E-state index in [9.17, 15) is 14.4 Å². The second kappa shape index (κ2) is 8.51. The number of hydrogen-bond acceptors (Lipinski definition) is 6. The predicted molar refractivity (Wildman–Crippen MR) is 118 cm³/mol. The van der Waals surface area contributed by atoms with E-state index in [1.807, 2.05) is 47.4 Å². The normalized spacial score (nSPS) is 20.2. The van der Waals surface area contributed by atoms with Gasteiger partial charge in [0.25, 0.3) is 5.91 Å². The fourth-order valence-corrected chi connectivity index (χ4v) is 4.56. The Morgan fingerprint density at radius 1 is 1.19 bits per heavy atom. The number of piperidine rings is 1. The molecule has 0 radical (unpaired) electrons. The third-order valence-electron chi connectivity index (χ3n) is 6.30. The van der Waals surface area contributed by atoms with Crippen LogP contribution in [0.2, 0.25) is 0 Å². The monoisotopic (exact) mass is 429 g/mol. The van der Waals surface area contributed by atoms with E-state index >= 15 is 0 Å². The molecule has 1 fully saturated rings. The van der Waals surface area contributed by atoms with Gasteiger partial charge in [-0.15, -0.1) is 0 Å². The van der Waals surface area contributed by atoms with Gasteiger partial charge in [-0.25, -0.2) is 0 Å². The van der Waals surface area contributed by atoms with Crippen LogP contribution in [0.5, 0.6) is 5.75 Å². The highest BCUT2D eigenvalue weighted by molar-refractivity contribution is 6.27. The Kier molecular flexibility index (Phi) is 5.41. The molecule has 162 valence electrons. The molecule has 0 bridgehead atoms. The van der Waals surface area contributed by atoms with Gasteiger partial charge in [-0.3, -0.25) is 19.4 Å². The minimum Gasteiger partial charge on any atom is -0.489 e. The first-order valence-electron chi connectivity index (χ1n) is 10.8. The minimum absolute atomic E-state index is 0.0193. The van der Waals surface area contributed by atoms with E-state index in [0.717, 1.165) is 22.0 Å². The van der Waals surface area contributed by atoms with Crippen molar-refractivity contribution in [2.45, 2.75) is 38.1 Å². The van der Waals surface area contributed by atoms with Crippen molar-refractivity contribution in [1.82, 2.24) is 15.2 Å². The van der Waals surface area contributed by atoms with E-state index < -0.39 is 11.8 Å². The number of nitrogens with one attached hydrogen (secondary N) is 1. The molecule has 2 atom stereocenters. The molecule has 2 unspecified atom stereocenters. The summed E-state index contributed by atoms with van der Waals surface area (Å²) in [6, 6.07) is 15.1. The van der Waals surface area contributed by atoms with Gasteiger partial charge in [0.05, 0.1) is 18.1 Å². The van der Waals surface area contributed by atoms with Gasteiger partial charge in [-0.1, -0.05) is 18.2 Å². The molecule has 1 aromatic heterocycles. The maximum atomic E-state index is 13.1. The number of Topliss-reactive ketones (excluding diaryl/α,β-unsaturated/α-hetero) is 1. The largest absolute Gasteiger partial charge is 0.489 e. The lowest BCUT2D eigenvalue weighted by Gasteiger charge is -2.34. The third-order valence-corrected chi connectivity index (χ3v) is 6.30. The second-order valence-corrected chi connectivity index (χ2v) is 8.25. The van der Waals surface area contributed by atoms with Gasteiger partial charge in [-0.2, -0.15) is 0 Å². The van der Waals surface area contributed by atoms with Crippen molar-refractivity contribution in [1.29, 1.82) is 0 Å². The Balaban J connectivity index is 1.29. The quantitative estimate of drug-likeness (QED) is 0.479. The molecule has 7 heteroatoms. The molecule has 1 amide bonds. The van der Waals surface area contributed by atoms with E-state index in [1.165, 1.54) is 0 Å². The molecule has 0 aliphatic carbocycles. The van der Waals surface area contributed by atoms with Crippen molar-refractivity contribution in [3.8, 4) is 5.75 Å². The van der Waals surface area contributed by atoms with Crippen LogP contribution in [0, 0.1) is 0 Å². The van der Waals surface area contributed by atoms with Gasteiger partial charge in [0, 0.05) is 35.3 Å². The summed E-state index contributed by atoms with van der Waals surface area (Å²) in [4.78, 5) is 41.6. The standard InChI is InChI=1S/C25H23N3O4/c29-14-23(30)22-9-7-18(12-27-22)28-13-20-19(25(28)31)4-1-5-24(20)32-15-16-6-8-21-17(11-16)3-2-10-26-21/h1-6,8,10-11,14,18,22,27H,7,9,12-13,15H2. The molecule has 1 saturated heterocycles. The smallest absolute Gasteiger partial charge is 0.254 e. The molecule has 32 heavy (non-hydrogen) atoms. The summed E-state index contributed by atoms with van der Waals surface area (Å²) in [7, 11) is 0. The van der Waals surface area contributed by atoms with Crippen molar-refractivity contribution in [2.75, 3.05) is 6.54 Å². The van der Waals surface area contributed by atoms with Gasteiger partial charge < -0.3 is 15.0 Å². The number of fused-ring (bicyclic) bond motifs is 2. The second-order valence-electron chi connectivity index (χ2n) is 8.25. The number of carbonyl (C=O) groups excluding carboxylic acids is 3. The first-order chi connectivity index (χ1) is 15.6. The van der Waals surface area contributed by atoms with Crippen LogP contribution in [0.15, 0.2) is 54.7 Å². The molecule has 3 heterocycles. The van der Waals surface area contributed by atoms with Crippen LogP contribution >= 0.6 is 0 Å². The SMILES string of the molecule is O=CC(=O)C1CCC(N2Cc3c(OCc4ccc5ncccc5c4)cccc3C2=O)CN1. The highest BCUT2D eigenvalue weighted by Crippen LogP contribution is 2.34. The topological polar surface area (TPSA) is 88.6 Å². The molecule has 5 rings (SSSR count). The fraction of sp³-hybridized carbons (Fsp3) is 0.280. The number of amides is 1. The lowest BCUT2D eigenvalue weighted by molar-refractivity contribution is -0.131. The maximum absolute atomic E-state index is 13.1. The summed E-state index contributed by atoms with van der Waals surface area (Å²) in [5.74, 6) is 0.260. The lowest BCUT2D eigenvalue weighted by Crippen LogP contribution is -2.52. The van der Waals surface area contributed by atoms with Gasteiger partial charge in [0.15, 0.2) is 6.29 Å². The average Bonchev–Trinajstić information content (AvgIpc) is 3.19. The number of aldehydes is 1. The maximum Gasteiger partial charge on any atom is 0.254 e. The first-order valence-corrected chi connectivity index (χ1v) is 10.8. The summed E-state index contributed by atoms with van der Waals surface area (Å²) in [5, 5.41) is 4.17. The zero-order valence-corrected chi connectivity index (χ0v) is 17.5. The zero-order valence-electron chi connectivity index (χ0n) is 17.5. The number of ketones is 1. The van der Waals surface area contributed by atoms with Crippen LogP contribution in [-0.4, -0.2) is 46.5 Å². The number of hydrogen-bond donors (Lipinski definition) is 1. The Bertz CT molecular complexity index is 1200. The van der Waals surface area contributed by atoms with Gasteiger partial charge >= 0.3 is 0 Å². The van der Waals surface area contributed by atoms with E-state index in [4.69, 9.17) is 4.74 Å². The summed E-state index contributed by atoms with van der Waals surface area (Å²) in [5.41, 5.74) is 3.53. The van der Waals surface area contributed by atoms with E-state index in [1.54, 1.807) is 6.20 Å². The third kappa shape index (κ3) is 3.76. The van der Waals surface area contributed by atoms with Gasteiger partial charge in [0.1, 0.15) is 12.4 Å². The van der Waals surface area contributed by atoms with Crippen LogP contribution in [0.25, 0.3) is 10.9 Å². The predicted octanol–water partition coefficient (Wildman–Crippen LogP) is 2.66. The fourth-order valence-electron chi connectivity index (χ4n) is 4.56. The molecule has 2 aromatic carbocycles. The number of rotatable bonds is 6. The Morgan fingerprint density at radius 3 is 2.91 bits per heavy atom. The first kappa shape index (κ1) is 20.3. The van der Waals surface area contributed by atoms with Gasteiger partial charge in [-0.05, 0) is 48.7 Å².